The van der Waals surface area contributed by atoms with Crippen molar-refractivity contribution in [2.75, 3.05) is 30.9 Å². The fraction of sp³-hybridized carbons (Fsp3) is 0.444. The van der Waals surface area contributed by atoms with Crippen LogP contribution in [0.15, 0.2) is 12.3 Å². The van der Waals surface area contributed by atoms with Gasteiger partial charge >= 0.3 is 0 Å². The first-order valence-corrected chi connectivity index (χ1v) is 4.35. The first-order chi connectivity index (χ1) is 6.74. The number of nitrogens with one attached hydrogen (secondary N) is 1. The van der Waals surface area contributed by atoms with E-state index in [-0.39, 0.29) is 0 Å². The Bertz CT molecular complexity index is 328. The van der Waals surface area contributed by atoms with Crippen LogP contribution in [-0.4, -0.2) is 30.6 Å². The average Bonchev–Trinajstić information content (AvgIpc) is 2.19. The largest absolute Gasteiger partial charge is 0.369 e. The van der Waals surface area contributed by atoms with Gasteiger partial charge in [-0.1, -0.05) is 0 Å². The van der Waals surface area contributed by atoms with Gasteiger partial charge in [0.25, 0.3) is 0 Å². The van der Waals surface area contributed by atoms with Gasteiger partial charge in [-0.3, -0.25) is 0 Å². The fourth-order valence-corrected chi connectivity index (χ4v) is 0.909. The highest BCUT2D eigenvalue weighted by Gasteiger charge is 1.99. The summed E-state index contributed by atoms with van der Waals surface area (Å²) in [5.74, 6) is 1.41. The lowest BCUT2D eigenvalue weighted by molar-refractivity contribution is 0.982. The van der Waals surface area contributed by atoms with Crippen molar-refractivity contribution >= 4 is 11.8 Å². The van der Waals surface area contributed by atoms with Crippen LogP contribution in [0.2, 0.25) is 0 Å². The van der Waals surface area contributed by atoms with E-state index in [1.54, 1.807) is 12.3 Å². The molecule has 1 rings (SSSR count). The zero-order valence-corrected chi connectivity index (χ0v) is 8.36. The summed E-state index contributed by atoms with van der Waals surface area (Å²) in [6.45, 7) is 0.611. The summed E-state index contributed by atoms with van der Waals surface area (Å²) in [7, 11) is 3.77. The Kier molecular flexibility index (Phi) is 3.68. The Morgan fingerprint density at radius 1 is 1.57 bits per heavy atom. The first-order valence-electron chi connectivity index (χ1n) is 4.35. The summed E-state index contributed by atoms with van der Waals surface area (Å²) in [5.41, 5.74) is 0. The van der Waals surface area contributed by atoms with Gasteiger partial charge < -0.3 is 10.2 Å². The molecule has 74 valence electrons. The van der Waals surface area contributed by atoms with Gasteiger partial charge in [-0.25, -0.2) is 4.98 Å². The molecule has 0 unspecified atom stereocenters. The Morgan fingerprint density at radius 3 is 3.00 bits per heavy atom. The number of rotatable bonds is 4. The van der Waals surface area contributed by atoms with Crippen LogP contribution in [0.4, 0.5) is 11.8 Å². The third kappa shape index (κ3) is 2.90. The smallest absolute Gasteiger partial charge is 0.226 e. The molecule has 0 aliphatic carbocycles. The molecule has 0 aliphatic heterocycles. The van der Waals surface area contributed by atoms with Crippen molar-refractivity contribution in [3.05, 3.63) is 12.3 Å². The van der Waals surface area contributed by atoms with Crippen LogP contribution in [0.3, 0.4) is 0 Å². The zero-order chi connectivity index (χ0) is 10.4. The molecule has 0 saturated carbocycles. The van der Waals surface area contributed by atoms with Gasteiger partial charge in [0.1, 0.15) is 5.82 Å². The molecule has 0 spiro atoms. The van der Waals surface area contributed by atoms with E-state index < -0.39 is 0 Å². The minimum Gasteiger partial charge on any atom is -0.369 e. The van der Waals surface area contributed by atoms with Gasteiger partial charge in [-0.2, -0.15) is 10.2 Å². The van der Waals surface area contributed by atoms with Crippen molar-refractivity contribution in [2.45, 2.75) is 6.42 Å². The van der Waals surface area contributed by atoms with Crippen LogP contribution in [0.1, 0.15) is 6.42 Å². The van der Waals surface area contributed by atoms with Gasteiger partial charge in [0.05, 0.1) is 12.5 Å². The van der Waals surface area contributed by atoms with Gasteiger partial charge in [0.2, 0.25) is 5.95 Å². The van der Waals surface area contributed by atoms with E-state index in [2.05, 4.69) is 21.4 Å². The molecule has 0 aromatic carbocycles. The minimum absolute atomic E-state index is 0.474. The Morgan fingerprint density at radius 2 is 2.36 bits per heavy atom. The number of hydrogen-bond acceptors (Lipinski definition) is 5. The predicted octanol–water partition coefficient (Wildman–Crippen LogP) is 0.868. The number of aromatic nitrogens is 2. The summed E-state index contributed by atoms with van der Waals surface area (Å²) in [6.07, 6.45) is 2.17. The van der Waals surface area contributed by atoms with E-state index in [4.69, 9.17) is 5.26 Å². The van der Waals surface area contributed by atoms with Crippen molar-refractivity contribution in [2.24, 2.45) is 0 Å². The van der Waals surface area contributed by atoms with Crippen LogP contribution in [-0.2, 0) is 0 Å². The van der Waals surface area contributed by atoms with Crippen molar-refractivity contribution in [1.82, 2.24) is 9.97 Å². The zero-order valence-electron chi connectivity index (χ0n) is 8.36. The fourth-order valence-electron chi connectivity index (χ4n) is 0.909. The van der Waals surface area contributed by atoms with E-state index in [9.17, 15) is 0 Å². The quantitative estimate of drug-likeness (QED) is 0.715. The lowest BCUT2D eigenvalue weighted by Gasteiger charge is -2.10. The van der Waals surface area contributed by atoms with E-state index >= 15 is 0 Å². The maximum absolute atomic E-state index is 8.36. The number of nitriles is 1. The maximum atomic E-state index is 8.36. The maximum Gasteiger partial charge on any atom is 0.226 e. The standard InChI is InChI=1S/C9H13N5/c1-14(2)9-12-7-4-8(13-9)11-6-3-5-10/h4,7H,3,6H2,1-2H3,(H,11,12,13). The molecule has 1 aromatic heterocycles. The molecule has 1 heterocycles. The molecule has 0 amide bonds. The third-order valence-corrected chi connectivity index (χ3v) is 1.59. The molecule has 0 atom stereocenters. The SMILES string of the molecule is CN(C)c1nccc(NCCC#N)n1. The van der Waals surface area contributed by atoms with Crippen LogP contribution in [0.25, 0.3) is 0 Å². The van der Waals surface area contributed by atoms with E-state index in [1.807, 2.05) is 19.0 Å². The topological polar surface area (TPSA) is 64.8 Å². The van der Waals surface area contributed by atoms with Gasteiger partial charge in [0.15, 0.2) is 0 Å². The first kappa shape index (κ1) is 10.3. The van der Waals surface area contributed by atoms with Crippen LogP contribution < -0.4 is 10.2 Å². The predicted molar refractivity (Wildman–Crippen MR) is 55.1 cm³/mol. The Hall–Kier alpha value is -1.83. The highest BCUT2D eigenvalue weighted by atomic mass is 15.2. The molecule has 1 aromatic rings. The molecule has 0 bridgehead atoms. The second kappa shape index (κ2) is 5.02. The summed E-state index contributed by atoms with van der Waals surface area (Å²) >= 11 is 0. The highest BCUT2D eigenvalue weighted by molar-refractivity contribution is 5.40. The summed E-state index contributed by atoms with van der Waals surface area (Å²) in [6, 6.07) is 3.84. The average molecular weight is 191 g/mol. The molecule has 0 radical (unpaired) electrons. The molecule has 0 fully saturated rings. The summed E-state index contributed by atoms with van der Waals surface area (Å²) in [4.78, 5) is 10.1. The molecule has 14 heavy (non-hydrogen) atoms. The van der Waals surface area contributed by atoms with E-state index in [0.717, 1.165) is 5.82 Å². The molecule has 0 aliphatic rings. The minimum atomic E-state index is 0.474. The van der Waals surface area contributed by atoms with Crippen molar-refractivity contribution in [1.29, 1.82) is 5.26 Å². The van der Waals surface area contributed by atoms with Crippen molar-refractivity contribution in [3.63, 3.8) is 0 Å². The monoisotopic (exact) mass is 191 g/mol. The van der Waals surface area contributed by atoms with Gasteiger partial charge in [-0.05, 0) is 6.07 Å². The Balaban J connectivity index is 2.60. The van der Waals surface area contributed by atoms with Crippen molar-refractivity contribution in [3.8, 4) is 6.07 Å². The number of hydrogen-bond donors (Lipinski definition) is 1. The van der Waals surface area contributed by atoms with Gasteiger partial charge in [0, 0.05) is 26.8 Å². The lowest BCUT2D eigenvalue weighted by Crippen LogP contribution is -2.13. The Labute approximate surface area is 83.4 Å². The second-order valence-electron chi connectivity index (χ2n) is 2.97. The number of nitrogens with zero attached hydrogens (tertiary/aromatic N) is 4. The van der Waals surface area contributed by atoms with E-state index in [0.29, 0.717) is 18.9 Å². The van der Waals surface area contributed by atoms with Crippen molar-refractivity contribution < 1.29 is 0 Å². The molecule has 0 saturated heterocycles. The second-order valence-corrected chi connectivity index (χ2v) is 2.97. The van der Waals surface area contributed by atoms with E-state index in [1.165, 1.54) is 0 Å². The molecule has 5 heteroatoms. The molecule has 1 N–H and O–H groups in total. The molecule has 5 nitrogen and oxygen atoms in total. The van der Waals surface area contributed by atoms with Crippen LogP contribution >= 0.6 is 0 Å². The normalized spacial score (nSPS) is 9.21. The van der Waals surface area contributed by atoms with Crippen LogP contribution in [0.5, 0.6) is 0 Å². The number of anilines is 2. The van der Waals surface area contributed by atoms with Gasteiger partial charge in [-0.15, -0.1) is 0 Å². The summed E-state index contributed by atoms with van der Waals surface area (Å²) < 4.78 is 0. The lowest BCUT2D eigenvalue weighted by atomic mass is 10.4. The molecular weight excluding hydrogens is 178 g/mol. The highest BCUT2D eigenvalue weighted by Crippen LogP contribution is 2.07. The third-order valence-electron chi connectivity index (χ3n) is 1.59. The van der Waals surface area contributed by atoms with Crippen LogP contribution in [0, 0.1) is 11.3 Å². The summed E-state index contributed by atoms with van der Waals surface area (Å²) in [5, 5.41) is 11.4. The molecular formula is C9H13N5.